The van der Waals surface area contributed by atoms with Crippen molar-refractivity contribution in [2.45, 2.75) is 97.2 Å². The highest BCUT2D eigenvalue weighted by Crippen LogP contribution is 2.37. The van der Waals surface area contributed by atoms with E-state index in [1.54, 1.807) is 6.20 Å². The molecule has 0 bridgehead atoms. The SMILES string of the molecule is CC1(NC(=O)OC(C)(C)C)CCN(c2nc(Cl)cnc2CO[Si](C)(C)C(C)(C)C)CC1. The average molecular weight is 471 g/mol. The Labute approximate surface area is 193 Å². The van der Waals surface area contributed by atoms with Gasteiger partial charge in [0.15, 0.2) is 14.1 Å². The molecule has 1 saturated heterocycles. The monoisotopic (exact) mass is 470 g/mol. The van der Waals surface area contributed by atoms with Gasteiger partial charge in [-0.3, -0.25) is 4.98 Å². The van der Waals surface area contributed by atoms with Crippen LogP contribution in [0.1, 0.15) is 67.0 Å². The van der Waals surface area contributed by atoms with E-state index >= 15 is 0 Å². The van der Waals surface area contributed by atoms with Gasteiger partial charge in [-0.2, -0.15) is 0 Å². The van der Waals surface area contributed by atoms with E-state index in [9.17, 15) is 4.79 Å². The molecule has 2 rings (SSSR count). The van der Waals surface area contributed by atoms with E-state index in [0.717, 1.165) is 37.4 Å². The van der Waals surface area contributed by atoms with Crippen LogP contribution in [0.3, 0.4) is 0 Å². The molecular formula is C22H39ClN4O3Si. The van der Waals surface area contributed by atoms with Crippen molar-refractivity contribution in [1.29, 1.82) is 0 Å². The molecule has 0 atom stereocenters. The topological polar surface area (TPSA) is 76.6 Å². The molecule has 0 saturated carbocycles. The summed E-state index contributed by atoms with van der Waals surface area (Å²) < 4.78 is 11.8. The van der Waals surface area contributed by atoms with Gasteiger partial charge in [0, 0.05) is 18.6 Å². The first-order valence-electron chi connectivity index (χ1n) is 10.9. The Bertz CT molecular complexity index is 782. The van der Waals surface area contributed by atoms with E-state index in [4.69, 9.17) is 20.8 Å². The highest BCUT2D eigenvalue weighted by atomic mass is 35.5. The maximum Gasteiger partial charge on any atom is 0.408 e. The maximum absolute atomic E-state index is 12.2. The summed E-state index contributed by atoms with van der Waals surface area (Å²) in [6.45, 7) is 20.6. The van der Waals surface area contributed by atoms with Crippen molar-refractivity contribution in [2.75, 3.05) is 18.0 Å². The van der Waals surface area contributed by atoms with Gasteiger partial charge in [0.1, 0.15) is 16.4 Å². The molecule has 0 radical (unpaired) electrons. The third-order valence-corrected chi connectivity index (χ3v) is 10.8. The van der Waals surface area contributed by atoms with Crippen LogP contribution in [-0.4, -0.2) is 48.6 Å². The Morgan fingerprint density at radius 3 is 2.32 bits per heavy atom. The summed E-state index contributed by atoms with van der Waals surface area (Å²) in [5.74, 6) is 0.769. The largest absolute Gasteiger partial charge is 0.444 e. The van der Waals surface area contributed by atoms with E-state index in [0.29, 0.717) is 11.8 Å². The Kier molecular flexibility index (Phi) is 7.71. The number of rotatable bonds is 5. The van der Waals surface area contributed by atoms with Gasteiger partial charge in [0.2, 0.25) is 0 Å². The smallest absolute Gasteiger partial charge is 0.408 e. The van der Waals surface area contributed by atoms with Crippen molar-refractivity contribution < 1.29 is 14.0 Å². The molecule has 1 amide bonds. The summed E-state index contributed by atoms with van der Waals surface area (Å²) in [6, 6.07) is 0. The number of hydrogen-bond donors (Lipinski definition) is 1. The van der Waals surface area contributed by atoms with Gasteiger partial charge in [0.25, 0.3) is 0 Å². The number of amides is 1. The van der Waals surface area contributed by atoms with Crippen LogP contribution in [0.2, 0.25) is 23.3 Å². The predicted octanol–water partition coefficient (Wildman–Crippen LogP) is 5.54. The number of nitrogens with one attached hydrogen (secondary N) is 1. The van der Waals surface area contributed by atoms with E-state index in [-0.39, 0.29) is 16.7 Å². The number of piperidine rings is 1. The van der Waals surface area contributed by atoms with Crippen molar-refractivity contribution in [3.63, 3.8) is 0 Å². The van der Waals surface area contributed by atoms with Crippen LogP contribution in [0.5, 0.6) is 0 Å². The number of halogens is 1. The standard InChI is InChI=1S/C22H39ClN4O3Si/c1-20(2,3)30-19(28)26-22(7)10-12-27(13-11-22)18-16(24-14-17(23)25-18)15-29-31(8,9)21(4,5)6/h14H,10-13,15H2,1-9H3,(H,26,28). The van der Waals surface area contributed by atoms with Gasteiger partial charge >= 0.3 is 6.09 Å². The zero-order valence-corrected chi connectivity index (χ0v) is 22.3. The van der Waals surface area contributed by atoms with Crippen molar-refractivity contribution in [3.8, 4) is 0 Å². The van der Waals surface area contributed by atoms with Gasteiger partial charge in [0.05, 0.1) is 12.8 Å². The van der Waals surface area contributed by atoms with Crippen molar-refractivity contribution in [3.05, 3.63) is 17.0 Å². The third-order valence-electron chi connectivity index (χ3n) is 6.14. The second-order valence-electron chi connectivity index (χ2n) is 11.2. The molecule has 2 heterocycles. The fraction of sp³-hybridized carbons (Fsp3) is 0.773. The third kappa shape index (κ3) is 7.32. The number of alkyl carbamates (subject to hydrolysis) is 1. The van der Waals surface area contributed by atoms with E-state index in [1.165, 1.54) is 0 Å². The molecule has 0 spiro atoms. The minimum atomic E-state index is -1.92. The predicted molar refractivity (Wildman–Crippen MR) is 128 cm³/mol. The summed E-state index contributed by atoms with van der Waals surface area (Å²) in [7, 11) is -1.92. The Hall–Kier alpha value is -1.38. The van der Waals surface area contributed by atoms with Gasteiger partial charge in [-0.15, -0.1) is 0 Å². The van der Waals surface area contributed by atoms with Crippen LogP contribution >= 0.6 is 11.6 Å². The fourth-order valence-electron chi connectivity index (χ4n) is 3.09. The lowest BCUT2D eigenvalue weighted by Crippen LogP contribution is -2.54. The molecule has 0 unspecified atom stereocenters. The summed E-state index contributed by atoms with van der Waals surface area (Å²) in [5.41, 5.74) is -0.0444. The molecule has 1 aromatic rings. The Morgan fingerprint density at radius 2 is 1.81 bits per heavy atom. The molecule has 0 aromatic carbocycles. The number of aromatic nitrogens is 2. The highest BCUT2D eigenvalue weighted by molar-refractivity contribution is 6.74. The number of hydrogen-bond acceptors (Lipinski definition) is 6. The first-order chi connectivity index (χ1) is 14.0. The summed E-state index contributed by atoms with van der Waals surface area (Å²) in [5, 5.41) is 3.53. The molecule has 1 fully saturated rings. The minimum absolute atomic E-state index is 0.118. The van der Waals surface area contributed by atoms with Crippen molar-refractivity contribution in [2.24, 2.45) is 0 Å². The summed E-state index contributed by atoms with van der Waals surface area (Å²) >= 11 is 6.18. The van der Waals surface area contributed by atoms with Crippen LogP contribution in [0.25, 0.3) is 0 Å². The average Bonchev–Trinajstić information content (AvgIpc) is 2.58. The van der Waals surface area contributed by atoms with Crippen molar-refractivity contribution >= 4 is 31.8 Å². The zero-order chi connectivity index (χ0) is 23.7. The summed E-state index contributed by atoms with van der Waals surface area (Å²) in [4.78, 5) is 23.5. The normalized spacial score (nSPS) is 17.4. The molecule has 176 valence electrons. The highest BCUT2D eigenvalue weighted by Gasteiger charge is 2.38. The molecule has 1 N–H and O–H groups in total. The van der Waals surface area contributed by atoms with Crippen molar-refractivity contribution in [1.82, 2.24) is 15.3 Å². The lowest BCUT2D eigenvalue weighted by atomic mass is 9.89. The Balaban J connectivity index is 2.08. The molecule has 7 nitrogen and oxygen atoms in total. The quantitative estimate of drug-likeness (QED) is 0.569. The molecule has 31 heavy (non-hydrogen) atoms. The Morgan fingerprint density at radius 1 is 1.23 bits per heavy atom. The molecule has 0 aliphatic carbocycles. The summed E-state index contributed by atoms with van der Waals surface area (Å²) in [6.07, 6.45) is 2.73. The van der Waals surface area contributed by atoms with Gasteiger partial charge in [-0.25, -0.2) is 9.78 Å². The first-order valence-corrected chi connectivity index (χ1v) is 14.2. The minimum Gasteiger partial charge on any atom is -0.444 e. The number of carbonyl (C=O) groups excluding carboxylic acids is 1. The molecule has 1 aliphatic heterocycles. The second-order valence-corrected chi connectivity index (χ2v) is 16.4. The molecule has 1 aromatic heterocycles. The van der Waals surface area contributed by atoms with Gasteiger partial charge in [-0.05, 0) is 58.7 Å². The number of carbonyl (C=O) groups is 1. The molecule has 1 aliphatic rings. The fourth-order valence-corrected chi connectivity index (χ4v) is 4.15. The maximum atomic E-state index is 12.2. The van der Waals surface area contributed by atoms with Crippen LogP contribution < -0.4 is 10.2 Å². The van der Waals surface area contributed by atoms with Crippen LogP contribution in [-0.2, 0) is 15.8 Å². The van der Waals surface area contributed by atoms with Gasteiger partial charge < -0.3 is 19.4 Å². The molecule has 9 heteroatoms. The number of nitrogens with zero attached hydrogens (tertiary/aromatic N) is 3. The van der Waals surface area contributed by atoms with E-state index in [1.807, 2.05) is 20.8 Å². The van der Waals surface area contributed by atoms with Crippen LogP contribution in [0.4, 0.5) is 10.6 Å². The lowest BCUT2D eigenvalue weighted by Gasteiger charge is -2.41. The first kappa shape index (κ1) is 25.9. The van der Waals surface area contributed by atoms with E-state index in [2.05, 4.69) is 61.0 Å². The lowest BCUT2D eigenvalue weighted by molar-refractivity contribution is 0.0448. The van der Waals surface area contributed by atoms with E-state index < -0.39 is 13.9 Å². The number of anilines is 1. The zero-order valence-electron chi connectivity index (χ0n) is 20.6. The van der Waals surface area contributed by atoms with Crippen LogP contribution in [0.15, 0.2) is 6.20 Å². The van der Waals surface area contributed by atoms with Gasteiger partial charge in [-0.1, -0.05) is 32.4 Å². The van der Waals surface area contributed by atoms with Crippen LogP contribution in [0, 0.1) is 0 Å². The second kappa shape index (κ2) is 9.23. The number of ether oxygens (including phenoxy) is 1. The molecular weight excluding hydrogens is 432 g/mol.